The van der Waals surface area contributed by atoms with Gasteiger partial charge in [-0.25, -0.2) is 0 Å². The Labute approximate surface area is 124 Å². The maximum atomic E-state index is 5.79. The molecule has 1 aromatic rings. The van der Waals surface area contributed by atoms with Crippen molar-refractivity contribution in [2.45, 2.75) is 59.4 Å². The molecule has 4 nitrogen and oxygen atoms in total. The molecule has 2 unspecified atom stereocenters. The lowest BCUT2D eigenvalue weighted by Crippen LogP contribution is -2.45. The van der Waals surface area contributed by atoms with Gasteiger partial charge in [-0.3, -0.25) is 9.58 Å². The highest BCUT2D eigenvalue weighted by molar-refractivity contribution is 9.10. The van der Waals surface area contributed by atoms with Crippen LogP contribution in [0.3, 0.4) is 0 Å². The zero-order valence-electron chi connectivity index (χ0n) is 12.3. The molecule has 19 heavy (non-hydrogen) atoms. The van der Waals surface area contributed by atoms with E-state index in [1.54, 1.807) is 0 Å². The van der Waals surface area contributed by atoms with Gasteiger partial charge in [-0.15, -0.1) is 0 Å². The SMILES string of the molecule is CCc1nn(CC)c(CN2CC(C)OC(C)C2)c1Br. The van der Waals surface area contributed by atoms with Crippen LogP contribution < -0.4 is 0 Å². The molecule has 1 aliphatic rings. The van der Waals surface area contributed by atoms with Crippen molar-refractivity contribution >= 4 is 15.9 Å². The number of aromatic nitrogens is 2. The number of morpholine rings is 1. The van der Waals surface area contributed by atoms with E-state index in [1.165, 1.54) is 10.2 Å². The molecule has 1 aliphatic heterocycles. The van der Waals surface area contributed by atoms with E-state index in [0.29, 0.717) is 12.2 Å². The van der Waals surface area contributed by atoms with Crippen LogP contribution in [-0.2, 0) is 24.2 Å². The zero-order chi connectivity index (χ0) is 14.0. The van der Waals surface area contributed by atoms with E-state index in [4.69, 9.17) is 4.74 Å². The van der Waals surface area contributed by atoms with E-state index >= 15 is 0 Å². The molecule has 2 heterocycles. The molecule has 1 aromatic heterocycles. The summed E-state index contributed by atoms with van der Waals surface area (Å²) in [7, 11) is 0. The number of ether oxygens (including phenoxy) is 1. The van der Waals surface area contributed by atoms with Crippen molar-refractivity contribution in [1.29, 1.82) is 0 Å². The average Bonchev–Trinajstić information content (AvgIpc) is 2.65. The van der Waals surface area contributed by atoms with Gasteiger partial charge in [0, 0.05) is 26.2 Å². The van der Waals surface area contributed by atoms with Gasteiger partial charge in [0.2, 0.25) is 0 Å². The van der Waals surface area contributed by atoms with E-state index in [1.807, 2.05) is 0 Å². The molecule has 2 atom stereocenters. The first-order valence-corrected chi connectivity index (χ1v) is 7.96. The minimum Gasteiger partial charge on any atom is -0.373 e. The molecule has 1 saturated heterocycles. The van der Waals surface area contributed by atoms with Crippen LogP contribution in [0.15, 0.2) is 4.47 Å². The number of hydrogen-bond acceptors (Lipinski definition) is 3. The minimum absolute atomic E-state index is 0.311. The fraction of sp³-hybridized carbons (Fsp3) is 0.786. The lowest BCUT2D eigenvalue weighted by molar-refractivity contribution is -0.0711. The van der Waals surface area contributed by atoms with Gasteiger partial charge in [-0.1, -0.05) is 6.92 Å². The van der Waals surface area contributed by atoms with Crippen LogP contribution in [0.1, 0.15) is 39.1 Å². The van der Waals surface area contributed by atoms with Crippen LogP contribution in [0.5, 0.6) is 0 Å². The first-order chi connectivity index (χ1) is 9.05. The fourth-order valence-corrected chi connectivity index (χ4v) is 3.48. The Bertz CT molecular complexity index is 423. The van der Waals surface area contributed by atoms with Crippen molar-refractivity contribution in [3.05, 3.63) is 15.9 Å². The summed E-state index contributed by atoms with van der Waals surface area (Å²) in [5.74, 6) is 0. The first-order valence-electron chi connectivity index (χ1n) is 7.17. The molecule has 0 radical (unpaired) electrons. The lowest BCUT2D eigenvalue weighted by Gasteiger charge is -2.35. The molecule has 5 heteroatoms. The minimum atomic E-state index is 0.311. The predicted octanol–water partition coefficient (Wildman–Crippen LogP) is 2.84. The van der Waals surface area contributed by atoms with Gasteiger partial charge in [0.15, 0.2) is 0 Å². The standard InChI is InChI=1S/C14H24BrN3O/c1-5-12-14(15)13(18(6-2)16-12)9-17-7-10(3)19-11(4)8-17/h10-11H,5-9H2,1-4H3. The lowest BCUT2D eigenvalue weighted by atomic mass is 10.2. The first kappa shape index (κ1) is 15.0. The summed E-state index contributed by atoms with van der Waals surface area (Å²) in [5, 5.41) is 4.66. The normalized spacial score (nSPS) is 24.9. The van der Waals surface area contributed by atoms with Gasteiger partial charge >= 0.3 is 0 Å². The Morgan fingerprint density at radius 2 is 1.89 bits per heavy atom. The summed E-state index contributed by atoms with van der Waals surface area (Å²) in [6.07, 6.45) is 1.59. The Morgan fingerprint density at radius 1 is 1.26 bits per heavy atom. The van der Waals surface area contributed by atoms with Crippen molar-refractivity contribution in [2.75, 3.05) is 13.1 Å². The molecule has 0 saturated carbocycles. The third-order valence-electron chi connectivity index (χ3n) is 3.56. The molecule has 0 N–H and O–H groups in total. The molecular weight excluding hydrogens is 306 g/mol. The number of rotatable bonds is 4. The number of hydrogen-bond donors (Lipinski definition) is 0. The fourth-order valence-electron chi connectivity index (χ4n) is 2.79. The van der Waals surface area contributed by atoms with Gasteiger partial charge in [0.05, 0.1) is 28.1 Å². The Balaban J connectivity index is 2.16. The van der Waals surface area contributed by atoms with Crippen molar-refractivity contribution in [2.24, 2.45) is 0 Å². The van der Waals surface area contributed by atoms with Crippen LogP contribution in [-0.4, -0.2) is 40.0 Å². The van der Waals surface area contributed by atoms with Crippen LogP contribution >= 0.6 is 15.9 Å². The number of halogens is 1. The summed E-state index contributed by atoms with van der Waals surface area (Å²) in [5.41, 5.74) is 2.45. The maximum Gasteiger partial charge on any atom is 0.0767 e. The number of aryl methyl sites for hydroxylation is 2. The molecule has 0 bridgehead atoms. The highest BCUT2D eigenvalue weighted by atomic mass is 79.9. The largest absolute Gasteiger partial charge is 0.373 e. The molecular formula is C14H24BrN3O. The average molecular weight is 330 g/mol. The maximum absolute atomic E-state index is 5.79. The van der Waals surface area contributed by atoms with Crippen molar-refractivity contribution < 1.29 is 4.74 Å². The quantitative estimate of drug-likeness (QED) is 0.850. The highest BCUT2D eigenvalue weighted by Gasteiger charge is 2.24. The zero-order valence-corrected chi connectivity index (χ0v) is 13.9. The van der Waals surface area contributed by atoms with Crippen LogP contribution in [0, 0.1) is 0 Å². The molecule has 0 aromatic carbocycles. The third kappa shape index (κ3) is 3.38. The van der Waals surface area contributed by atoms with E-state index < -0.39 is 0 Å². The van der Waals surface area contributed by atoms with E-state index in [-0.39, 0.29) is 0 Å². The second kappa shape index (κ2) is 6.37. The Kier molecular flexibility index (Phi) is 5.03. The smallest absolute Gasteiger partial charge is 0.0767 e. The summed E-state index contributed by atoms with van der Waals surface area (Å²) < 4.78 is 9.09. The second-order valence-electron chi connectivity index (χ2n) is 5.33. The van der Waals surface area contributed by atoms with Crippen molar-refractivity contribution in [3.63, 3.8) is 0 Å². The summed E-state index contributed by atoms with van der Waals surface area (Å²) in [6, 6.07) is 0. The molecule has 0 spiro atoms. The van der Waals surface area contributed by atoms with E-state index in [0.717, 1.165) is 38.3 Å². The van der Waals surface area contributed by atoms with Crippen molar-refractivity contribution in [3.8, 4) is 0 Å². The molecule has 0 aliphatic carbocycles. The second-order valence-corrected chi connectivity index (χ2v) is 6.12. The monoisotopic (exact) mass is 329 g/mol. The Hall–Kier alpha value is -0.390. The van der Waals surface area contributed by atoms with Gasteiger partial charge in [-0.2, -0.15) is 5.10 Å². The van der Waals surface area contributed by atoms with Gasteiger partial charge in [0.1, 0.15) is 0 Å². The van der Waals surface area contributed by atoms with Gasteiger partial charge in [-0.05, 0) is 43.1 Å². The molecule has 1 fully saturated rings. The van der Waals surface area contributed by atoms with E-state index in [9.17, 15) is 0 Å². The topological polar surface area (TPSA) is 30.3 Å². The van der Waals surface area contributed by atoms with Crippen LogP contribution in [0.4, 0.5) is 0 Å². The predicted molar refractivity (Wildman–Crippen MR) is 80.3 cm³/mol. The summed E-state index contributed by atoms with van der Waals surface area (Å²) in [6.45, 7) is 12.4. The third-order valence-corrected chi connectivity index (χ3v) is 4.48. The van der Waals surface area contributed by atoms with E-state index in [2.05, 4.69) is 58.3 Å². The van der Waals surface area contributed by atoms with Gasteiger partial charge in [0.25, 0.3) is 0 Å². The summed E-state index contributed by atoms with van der Waals surface area (Å²) >= 11 is 3.72. The molecule has 0 amide bonds. The number of nitrogens with zero attached hydrogens (tertiary/aromatic N) is 3. The Morgan fingerprint density at radius 3 is 2.42 bits per heavy atom. The molecule has 2 rings (SSSR count). The van der Waals surface area contributed by atoms with Crippen LogP contribution in [0.25, 0.3) is 0 Å². The highest BCUT2D eigenvalue weighted by Crippen LogP contribution is 2.25. The van der Waals surface area contributed by atoms with Crippen LogP contribution in [0.2, 0.25) is 0 Å². The van der Waals surface area contributed by atoms with Gasteiger partial charge < -0.3 is 4.74 Å². The summed E-state index contributed by atoms with van der Waals surface area (Å²) in [4.78, 5) is 2.46. The van der Waals surface area contributed by atoms with Crippen molar-refractivity contribution in [1.82, 2.24) is 14.7 Å². The molecule has 108 valence electrons.